The number of ether oxygens (including phenoxy) is 3. The maximum atomic E-state index is 13.2. The molecule has 0 aliphatic heterocycles. The predicted octanol–water partition coefficient (Wildman–Crippen LogP) is 6.49. The molecule has 0 aliphatic rings. The van der Waals surface area contributed by atoms with Gasteiger partial charge in [0.15, 0.2) is 11.5 Å². The summed E-state index contributed by atoms with van der Waals surface area (Å²) in [4.78, 5) is 12.8. The van der Waals surface area contributed by atoms with Crippen LogP contribution in [-0.2, 0) is 6.61 Å². The molecule has 0 aliphatic carbocycles. The van der Waals surface area contributed by atoms with Crippen LogP contribution in [0.2, 0.25) is 0 Å². The molecular weight excluding hydrogens is 527 g/mol. The molecule has 36 heavy (non-hydrogen) atoms. The van der Waals surface area contributed by atoms with Gasteiger partial charge in [0.2, 0.25) is 0 Å². The van der Waals surface area contributed by atoms with E-state index in [0.717, 1.165) is 16.3 Å². The number of nitrogens with one attached hydrogen (secondary N) is 1. The maximum absolute atomic E-state index is 13.2. The molecule has 0 saturated heterocycles. The summed E-state index contributed by atoms with van der Waals surface area (Å²) in [6, 6.07) is 21.0. The molecule has 4 rings (SSSR count). The zero-order chi connectivity index (χ0) is 25.5. The van der Waals surface area contributed by atoms with Crippen molar-refractivity contribution in [2.24, 2.45) is 5.10 Å². The molecule has 0 unspecified atom stereocenters. The van der Waals surface area contributed by atoms with E-state index in [9.17, 15) is 9.18 Å². The third-order valence-corrected chi connectivity index (χ3v) is 5.91. The number of hydrogen-bond donors (Lipinski definition) is 1. The summed E-state index contributed by atoms with van der Waals surface area (Å²) in [6.45, 7) is 2.55. The minimum absolute atomic E-state index is 0.246. The molecule has 1 N–H and O–H groups in total. The van der Waals surface area contributed by atoms with Gasteiger partial charge in [0, 0.05) is 0 Å². The minimum Gasteiger partial charge on any atom is -0.496 e. The van der Waals surface area contributed by atoms with Crippen molar-refractivity contribution in [3.63, 3.8) is 0 Å². The van der Waals surface area contributed by atoms with Crippen LogP contribution in [0.4, 0.5) is 4.39 Å². The predicted molar refractivity (Wildman–Crippen MR) is 142 cm³/mol. The number of halogens is 2. The molecule has 4 aromatic rings. The zero-order valence-electron chi connectivity index (χ0n) is 19.8. The third kappa shape index (κ3) is 6.01. The van der Waals surface area contributed by atoms with E-state index in [1.54, 1.807) is 30.3 Å². The standard InChI is InChI=1S/C28H24BrFN2O4/c1-3-35-26-13-19(12-24(29)27(26)36-17-18-8-10-22(30)11-9-18)16-31-32-28(33)23-14-20-6-4-5-7-21(20)15-25(23)34-2/h4-16H,3,17H2,1-2H3,(H,32,33)/b31-16-. The van der Waals surface area contributed by atoms with Gasteiger partial charge in [-0.25, -0.2) is 9.82 Å². The van der Waals surface area contributed by atoms with Crippen molar-refractivity contribution in [1.29, 1.82) is 0 Å². The fourth-order valence-corrected chi connectivity index (χ4v) is 4.17. The van der Waals surface area contributed by atoms with Crippen molar-refractivity contribution in [3.8, 4) is 17.2 Å². The smallest absolute Gasteiger partial charge is 0.275 e. The monoisotopic (exact) mass is 550 g/mol. The molecule has 0 aromatic heterocycles. The summed E-state index contributed by atoms with van der Waals surface area (Å²) in [5, 5.41) is 6.02. The highest BCUT2D eigenvalue weighted by Gasteiger charge is 2.14. The van der Waals surface area contributed by atoms with Crippen molar-refractivity contribution in [1.82, 2.24) is 5.43 Å². The Morgan fingerprint density at radius 1 is 1.00 bits per heavy atom. The second-order valence-corrected chi connectivity index (χ2v) is 8.63. The largest absolute Gasteiger partial charge is 0.496 e. The molecule has 0 saturated carbocycles. The number of hydrazone groups is 1. The first-order chi connectivity index (χ1) is 17.5. The van der Waals surface area contributed by atoms with E-state index >= 15 is 0 Å². The molecule has 0 fully saturated rings. The van der Waals surface area contributed by atoms with Gasteiger partial charge in [-0.05, 0) is 81.2 Å². The lowest BCUT2D eigenvalue weighted by atomic mass is 10.1. The molecule has 0 spiro atoms. The highest BCUT2D eigenvalue weighted by molar-refractivity contribution is 9.10. The molecular formula is C28H24BrFN2O4. The van der Waals surface area contributed by atoms with Crippen molar-refractivity contribution in [3.05, 3.63) is 99.8 Å². The number of fused-ring (bicyclic) bond motifs is 1. The van der Waals surface area contributed by atoms with Gasteiger partial charge in [-0.3, -0.25) is 4.79 Å². The number of carbonyl (C=O) groups excluding carboxylic acids is 1. The molecule has 0 atom stereocenters. The molecule has 4 aromatic carbocycles. The number of benzene rings is 4. The second-order valence-electron chi connectivity index (χ2n) is 7.78. The van der Waals surface area contributed by atoms with E-state index in [2.05, 4.69) is 26.5 Å². The number of hydrogen-bond acceptors (Lipinski definition) is 5. The fourth-order valence-electron chi connectivity index (χ4n) is 3.59. The first kappa shape index (κ1) is 25.2. The van der Waals surface area contributed by atoms with E-state index in [0.29, 0.717) is 39.5 Å². The van der Waals surface area contributed by atoms with Crippen LogP contribution in [0.5, 0.6) is 17.2 Å². The normalized spacial score (nSPS) is 11.0. The molecule has 0 radical (unpaired) electrons. The second kappa shape index (κ2) is 11.7. The van der Waals surface area contributed by atoms with Crippen molar-refractivity contribution >= 4 is 38.8 Å². The lowest BCUT2D eigenvalue weighted by Gasteiger charge is -2.14. The highest BCUT2D eigenvalue weighted by atomic mass is 79.9. The van der Waals surface area contributed by atoms with Gasteiger partial charge < -0.3 is 14.2 Å². The zero-order valence-corrected chi connectivity index (χ0v) is 21.3. The van der Waals surface area contributed by atoms with Crippen LogP contribution in [0.25, 0.3) is 10.8 Å². The summed E-state index contributed by atoms with van der Waals surface area (Å²) in [5.41, 5.74) is 4.45. The SMILES string of the molecule is CCOc1cc(/C=N\NC(=O)c2cc3ccccc3cc2OC)cc(Br)c1OCc1ccc(F)cc1. The van der Waals surface area contributed by atoms with Crippen LogP contribution in [-0.4, -0.2) is 25.8 Å². The van der Waals surface area contributed by atoms with Crippen LogP contribution in [0.15, 0.2) is 82.4 Å². The van der Waals surface area contributed by atoms with Crippen molar-refractivity contribution in [2.45, 2.75) is 13.5 Å². The maximum Gasteiger partial charge on any atom is 0.275 e. The Kier molecular flexibility index (Phi) is 8.17. The van der Waals surface area contributed by atoms with E-state index < -0.39 is 5.91 Å². The minimum atomic E-state index is -0.391. The Labute approximate surface area is 216 Å². The molecule has 0 heterocycles. The van der Waals surface area contributed by atoms with Gasteiger partial charge in [-0.2, -0.15) is 5.10 Å². The number of methoxy groups -OCH3 is 1. The van der Waals surface area contributed by atoms with Crippen LogP contribution in [0.3, 0.4) is 0 Å². The van der Waals surface area contributed by atoms with Crippen LogP contribution in [0, 0.1) is 5.82 Å². The lowest BCUT2D eigenvalue weighted by Crippen LogP contribution is -2.18. The van der Waals surface area contributed by atoms with E-state index in [4.69, 9.17) is 14.2 Å². The van der Waals surface area contributed by atoms with Crippen molar-refractivity contribution in [2.75, 3.05) is 13.7 Å². The molecule has 6 nitrogen and oxygen atoms in total. The lowest BCUT2D eigenvalue weighted by molar-refractivity contribution is 0.0952. The van der Waals surface area contributed by atoms with E-state index in [1.807, 2.05) is 37.3 Å². The molecule has 184 valence electrons. The summed E-state index contributed by atoms with van der Waals surface area (Å²) < 4.78 is 30.9. The van der Waals surface area contributed by atoms with Gasteiger partial charge in [0.1, 0.15) is 18.2 Å². The van der Waals surface area contributed by atoms with Gasteiger partial charge in [0.25, 0.3) is 5.91 Å². The van der Waals surface area contributed by atoms with E-state index in [1.165, 1.54) is 25.5 Å². The summed E-state index contributed by atoms with van der Waals surface area (Å²) in [7, 11) is 1.52. The average molecular weight is 551 g/mol. The van der Waals surface area contributed by atoms with Crippen molar-refractivity contribution < 1.29 is 23.4 Å². The summed E-state index contributed by atoms with van der Waals surface area (Å²) in [5.74, 6) is 0.800. The first-order valence-corrected chi connectivity index (χ1v) is 12.0. The van der Waals surface area contributed by atoms with Crippen LogP contribution in [0.1, 0.15) is 28.4 Å². The van der Waals surface area contributed by atoms with Gasteiger partial charge in [-0.15, -0.1) is 0 Å². The topological polar surface area (TPSA) is 69.2 Å². The van der Waals surface area contributed by atoms with Crippen LogP contribution < -0.4 is 19.6 Å². The molecule has 0 bridgehead atoms. The Morgan fingerprint density at radius 2 is 1.72 bits per heavy atom. The Morgan fingerprint density at radius 3 is 2.42 bits per heavy atom. The molecule has 8 heteroatoms. The summed E-state index contributed by atoms with van der Waals surface area (Å²) in [6.07, 6.45) is 1.52. The first-order valence-electron chi connectivity index (χ1n) is 11.2. The van der Waals surface area contributed by atoms with Gasteiger partial charge in [-0.1, -0.05) is 36.4 Å². The van der Waals surface area contributed by atoms with Gasteiger partial charge >= 0.3 is 0 Å². The fraction of sp³-hybridized carbons (Fsp3) is 0.143. The van der Waals surface area contributed by atoms with Gasteiger partial charge in [0.05, 0.1) is 30.0 Å². The highest BCUT2D eigenvalue weighted by Crippen LogP contribution is 2.37. The Bertz CT molecular complexity index is 1410. The average Bonchev–Trinajstić information content (AvgIpc) is 2.88. The number of carbonyl (C=O) groups is 1. The third-order valence-electron chi connectivity index (χ3n) is 5.32. The van der Waals surface area contributed by atoms with E-state index in [-0.39, 0.29) is 12.4 Å². The Balaban J connectivity index is 1.50. The quantitative estimate of drug-likeness (QED) is 0.191. The Hall–Kier alpha value is -3.91. The number of rotatable bonds is 9. The van der Waals surface area contributed by atoms with Crippen LogP contribution >= 0.6 is 15.9 Å². The molecule has 1 amide bonds. The number of nitrogens with zero attached hydrogens (tertiary/aromatic N) is 1. The summed E-state index contributed by atoms with van der Waals surface area (Å²) >= 11 is 3.52. The number of amides is 1.